The second-order valence-electron chi connectivity index (χ2n) is 3.80. The summed E-state index contributed by atoms with van der Waals surface area (Å²) in [5.74, 6) is -0.434. The van der Waals surface area contributed by atoms with E-state index in [1.165, 1.54) is 18.9 Å². The second kappa shape index (κ2) is 5.99. The van der Waals surface area contributed by atoms with Gasteiger partial charge in [-0.25, -0.2) is 4.79 Å². The van der Waals surface area contributed by atoms with Gasteiger partial charge in [0.15, 0.2) is 0 Å². The first-order valence-corrected chi connectivity index (χ1v) is 6.71. The van der Waals surface area contributed by atoms with E-state index in [4.69, 9.17) is 22.1 Å². The van der Waals surface area contributed by atoms with Crippen molar-refractivity contribution >= 4 is 35.0 Å². The average Bonchev–Trinajstić information content (AvgIpc) is 2.42. The third-order valence-electron chi connectivity index (χ3n) is 2.48. The maximum absolute atomic E-state index is 11.6. The van der Waals surface area contributed by atoms with Crippen LogP contribution in [0.5, 0.6) is 0 Å². The fourth-order valence-corrected chi connectivity index (χ4v) is 2.51. The lowest BCUT2D eigenvalue weighted by Gasteiger charge is -2.07. The van der Waals surface area contributed by atoms with Gasteiger partial charge in [0.1, 0.15) is 0 Å². The van der Waals surface area contributed by atoms with E-state index in [0.717, 1.165) is 9.79 Å². The van der Waals surface area contributed by atoms with Gasteiger partial charge in [-0.05, 0) is 42.5 Å². The number of hydrogen-bond acceptors (Lipinski definition) is 4. The normalized spacial score (nSPS) is 10.2. The Hall–Kier alpha value is -1.65. The predicted molar refractivity (Wildman–Crippen MR) is 77.8 cm³/mol. The van der Waals surface area contributed by atoms with Gasteiger partial charge in [-0.3, -0.25) is 0 Å². The smallest absolute Gasteiger partial charge is 0.339 e. The maximum Gasteiger partial charge on any atom is 0.339 e. The Morgan fingerprint density at radius 1 is 1.16 bits per heavy atom. The lowest BCUT2D eigenvalue weighted by atomic mass is 10.2. The molecule has 0 spiro atoms. The fourth-order valence-electron chi connectivity index (χ4n) is 1.52. The number of methoxy groups -OCH3 is 1. The van der Waals surface area contributed by atoms with E-state index in [1.807, 2.05) is 30.3 Å². The highest BCUT2D eigenvalue weighted by Crippen LogP contribution is 2.30. The Balaban J connectivity index is 2.26. The minimum absolute atomic E-state index is 0.376. The Morgan fingerprint density at radius 2 is 1.79 bits per heavy atom. The maximum atomic E-state index is 11.6. The molecule has 0 atom stereocenters. The number of carbonyl (C=O) groups is 1. The quantitative estimate of drug-likeness (QED) is 0.689. The Kier molecular flexibility index (Phi) is 4.35. The number of carbonyl (C=O) groups excluding carboxylic acids is 1. The molecule has 0 saturated heterocycles. The van der Waals surface area contributed by atoms with Crippen molar-refractivity contribution in [2.45, 2.75) is 9.79 Å². The van der Waals surface area contributed by atoms with E-state index < -0.39 is 5.97 Å². The molecular formula is C14H12ClNO2S. The lowest BCUT2D eigenvalue weighted by molar-refractivity contribution is 0.0601. The molecule has 0 heterocycles. The number of benzene rings is 2. The minimum Gasteiger partial charge on any atom is -0.465 e. The number of nitrogens with two attached hydrogens (primary N) is 1. The number of anilines is 1. The van der Waals surface area contributed by atoms with Gasteiger partial charge in [0.2, 0.25) is 0 Å². The summed E-state index contributed by atoms with van der Waals surface area (Å²) in [6, 6.07) is 12.8. The number of halogens is 1. The first-order valence-electron chi connectivity index (χ1n) is 5.51. The van der Waals surface area contributed by atoms with Gasteiger partial charge in [0.05, 0.1) is 12.7 Å². The Morgan fingerprint density at radius 3 is 2.42 bits per heavy atom. The molecule has 0 radical (unpaired) electrons. The van der Waals surface area contributed by atoms with Gasteiger partial charge in [0, 0.05) is 20.5 Å². The van der Waals surface area contributed by atoms with Crippen LogP contribution < -0.4 is 5.73 Å². The summed E-state index contributed by atoms with van der Waals surface area (Å²) in [5.41, 5.74) is 6.54. The number of ether oxygens (including phenoxy) is 1. The van der Waals surface area contributed by atoms with Gasteiger partial charge < -0.3 is 10.5 Å². The van der Waals surface area contributed by atoms with Gasteiger partial charge in [-0.1, -0.05) is 23.4 Å². The third-order valence-corrected chi connectivity index (χ3v) is 3.73. The second-order valence-corrected chi connectivity index (χ2v) is 5.38. The van der Waals surface area contributed by atoms with E-state index in [2.05, 4.69) is 0 Å². The van der Waals surface area contributed by atoms with Crippen LogP contribution >= 0.6 is 23.4 Å². The van der Waals surface area contributed by atoms with Crippen molar-refractivity contribution in [1.29, 1.82) is 0 Å². The van der Waals surface area contributed by atoms with E-state index >= 15 is 0 Å². The standard InChI is InChI=1S/C14H12ClNO2S/c1-18-14(17)12-8-11(6-7-13(12)16)19-10-4-2-9(15)3-5-10/h2-8H,16H2,1H3. The zero-order chi connectivity index (χ0) is 13.8. The van der Waals surface area contributed by atoms with Gasteiger partial charge >= 0.3 is 5.97 Å². The van der Waals surface area contributed by atoms with Crippen LogP contribution in [0.25, 0.3) is 0 Å². The van der Waals surface area contributed by atoms with Crippen LogP contribution in [-0.2, 0) is 4.74 Å². The average molecular weight is 294 g/mol. The summed E-state index contributed by atoms with van der Waals surface area (Å²) < 4.78 is 4.69. The van der Waals surface area contributed by atoms with Gasteiger partial charge in [-0.15, -0.1) is 0 Å². The molecule has 0 aromatic heterocycles. The Labute approximate surface area is 120 Å². The van der Waals surface area contributed by atoms with Crippen molar-refractivity contribution < 1.29 is 9.53 Å². The van der Waals surface area contributed by atoms with Crippen LogP contribution in [0.1, 0.15) is 10.4 Å². The number of nitrogen functional groups attached to an aromatic ring is 1. The third kappa shape index (κ3) is 3.43. The summed E-state index contributed by atoms with van der Waals surface area (Å²) in [4.78, 5) is 13.5. The molecule has 2 aromatic carbocycles. The highest BCUT2D eigenvalue weighted by atomic mass is 35.5. The predicted octanol–water partition coefficient (Wildman–Crippen LogP) is 3.86. The molecule has 98 valence electrons. The summed E-state index contributed by atoms with van der Waals surface area (Å²) in [6.07, 6.45) is 0. The molecule has 0 amide bonds. The highest BCUT2D eigenvalue weighted by Gasteiger charge is 2.11. The summed E-state index contributed by atoms with van der Waals surface area (Å²) in [6.45, 7) is 0. The topological polar surface area (TPSA) is 52.3 Å². The molecule has 2 N–H and O–H groups in total. The zero-order valence-corrected chi connectivity index (χ0v) is 11.8. The van der Waals surface area contributed by atoms with Crippen LogP contribution in [0.3, 0.4) is 0 Å². The van der Waals surface area contributed by atoms with Crippen LogP contribution in [0.4, 0.5) is 5.69 Å². The van der Waals surface area contributed by atoms with Crippen molar-refractivity contribution in [2.24, 2.45) is 0 Å². The molecule has 0 aliphatic heterocycles. The molecule has 2 aromatic rings. The molecule has 0 fully saturated rings. The van der Waals surface area contributed by atoms with Crippen molar-refractivity contribution in [3.8, 4) is 0 Å². The van der Waals surface area contributed by atoms with Gasteiger partial charge in [0.25, 0.3) is 0 Å². The number of esters is 1. The van der Waals surface area contributed by atoms with Gasteiger partial charge in [-0.2, -0.15) is 0 Å². The molecule has 0 unspecified atom stereocenters. The summed E-state index contributed by atoms with van der Waals surface area (Å²) >= 11 is 7.36. The first-order chi connectivity index (χ1) is 9.10. The van der Waals surface area contributed by atoms with Crippen LogP contribution in [0, 0.1) is 0 Å². The zero-order valence-electron chi connectivity index (χ0n) is 10.2. The largest absolute Gasteiger partial charge is 0.465 e. The molecule has 0 bridgehead atoms. The molecular weight excluding hydrogens is 282 g/mol. The fraction of sp³-hybridized carbons (Fsp3) is 0.0714. The highest BCUT2D eigenvalue weighted by molar-refractivity contribution is 7.99. The number of hydrogen-bond donors (Lipinski definition) is 1. The van der Waals surface area contributed by atoms with Crippen LogP contribution in [0.15, 0.2) is 52.3 Å². The van der Waals surface area contributed by atoms with Crippen molar-refractivity contribution in [3.63, 3.8) is 0 Å². The molecule has 0 aliphatic carbocycles. The SMILES string of the molecule is COC(=O)c1cc(Sc2ccc(Cl)cc2)ccc1N. The van der Waals surface area contributed by atoms with Crippen LogP contribution in [0.2, 0.25) is 5.02 Å². The van der Waals surface area contributed by atoms with Crippen molar-refractivity contribution in [1.82, 2.24) is 0 Å². The number of rotatable bonds is 3. The van der Waals surface area contributed by atoms with Crippen molar-refractivity contribution in [3.05, 3.63) is 53.1 Å². The van der Waals surface area contributed by atoms with E-state index in [1.54, 1.807) is 12.1 Å². The first kappa shape index (κ1) is 13.8. The van der Waals surface area contributed by atoms with Crippen LogP contribution in [-0.4, -0.2) is 13.1 Å². The molecule has 0 saturated carbocycles. The molecule has 0 aliphatic rings. The van der Waals surface area contributed by atoms with E-state index in [-0.39, 0.29) is 0 Å². The van der Waals surface area contributed by atoms with Crippen molar-refractivity contribution in [2.75, 3.05) is 12.8 Å². The molecule has 2 rings (SSSR count). The minimum atomic E-state index is -0.434. The summed E-state index contributed by atoms with van der Waals surface area (Å²) in [5, 5.41) is 0.692. The Bertz CT molecular complexity index is 599. The summed E-state index contributed by atoms with van der Waals surface area (Å²) in [7, 11) is 1.33. The molecule has 5 heteroatoms. The van der Waals surface area contributed by atoms with E-state index in [0.29, 0.717) is 16.3 Å². The molecule has 19 heavy (non-hydrogen) atoms. The molecule has 3 nitrogen and oxygen atoms in total. The monoisotopic (exact) mass is 293 g/mol. The van der Waals surface area contributed by atoms with E-state index in [9.17, 15) is 4.79 Å². The lowest BCUT2D eigenvalue weighted by Crippen LogP contribution is -2.05.